The second-order valence-electron chi connectivity index (χ2n) is 3.84. The van der Waals surface area contributed by atoms with Gasteiger partial charge in [-0.25, -0.2) is 13.4 Å². The molecule has 0 radical (unpaired) electrons. The number of nitrogens with one attached hydrogen (secondary N) is 1. The molecule has 0 aliphatic heterocycles. The maximum Gasteiger partial charge on any atom is 0.230 e. The maximum absolute atomic E-state index is 11.2. The molecule has 0 spiro atoms. The Balaban J connectivity index is 2.39. The fourth-order valence-corrected chi connectivity index (χ4v) is 1.84. The third-order valence-electron chi connectivity index (χ3n) is 2.12. The van der Waals surface area contributed by atoms with Crippen LogP contribution in [0.3, 0.4) is 0 Å². The molecule has 2 rings (SSSR count). The van der Waals surface area contributed by atoms with Crippen molar-refractivity contribution in [3.63, 3.8) is 0 Å². The lowest BCUT2D eigenvalue weighted by Gasteiger charge is -2.12. The van der Waals surface area contributed by atoms with Crippen molar-refractivity contribution < 1.29 is 13.2 Å². The van der Waals surface area contributed by atoms with E-state index in [9.17, 15) is 8.42 Å². The summed E-state index contributed by atoms with van der Waals surface area (Å²) in [6, 6.07) is 3.38. The van der Waals surface area contributed by atoms with E-state index in [1.165, 1.54) is 6.20 Å². The first-order valence-electron chi connectivity index (χ1n) is 5.03. The van der Waals surface area contributed by atoms with Crippen LogP contribution in [0.25, 0.3) is 0 Å². The Morgan fingerprint density at radius 3 is 2.82 bits per heavy atom. The topological polar surface area (TPSA) is 92.1 Å². The van der Waals surface area contributed by atoms with Crippen molar-refractivity contribution in [2.45, 2.75) is 18.9 Å². The predicted molar refractivity (Wildman–Crippen MR) is 61.1 cm³/mol. The van der Waals surface area contributed by atoms with Gasteiger partial charge in [0.2, 0.25) is 10.0 Å². The molecule has 0 amide bonds. The zero-order chi connectivity index (χ0) is 12.5. The lowest BCUT2D eigenvalue weighted by atomic mass is 10.3. The van der Waals surface area contributed by atoms with Crippen molar-refractivity contribution in [3.8, 4) is 11.8 Å². The van der Waals surface area contributed by atoms with E-state index in [0.717, 1.165) is 19.1 Å². The number of hydrogen-bond acceptors (Lipinski definition) is 5. The smallest absolute Gasteiger partial charge is 0.230 e. The Kier molecular flexibility index (Phi) is 2.90. The highest BCUT2D eigenvalue weighted by atomic mass is 32.2. The van der Waals surface area contributed by atoms with Crippen LogP contribution in [0.2, 0.25) is 0 Å². The van der Waals surface area contributed by atoms with E-state index < -0.39 is 10.0 Å². The normalized spacial score (nSPS) is 15.1. The summed E-state index contributed by atoms with van der Waals surface area (Å²) in [5.41, 5.74) is 0.123. The van der Waals surface area contributed by atoms with Crippen LogP contribution in [-0.2, 0) is 10.0 Å². The lowest BCUT2D eigenvalue weighted by Crippen LogP contribution is -2.13. The Morgan fingerprint density at radius 2 is 2.29 bits per heavy atom. The Labute approximate surface area is 99.3 Å². The molecule has 17 heavy (non-hydrogen) atoms. The van der Waals surface area contributed by atoms with Crippen LogP contribution in [0, 0.1) is 11.3 Å². The van der Waals surface area contributed by atoms with Crippen LogP contribution in [0.1, 0.15) is 18.5 Å². The molecule has 7 heteroatoms. The molecule has 1 aromatic heterocycles. The van der Waals surface area contributed by atoms with Gasteiger partial charge in [0.1, 0.15) is 17.5 Å². The predicted octanol–water partition coefficient (Wildman–Crippen LogP) is 0.866. The van der Waals surface area contributed by atoms with Crippen LogP contribution >= 0.6 is 0 Å². The van der Waals surface area contributed by atoms with Gasteiger partial charge in [-0.2, -0.15) is 5.26 Å². The van der Waals surface area contributed by atoms with Gasteiger partial charge >= 0.3 is 0 Å². The Morgan fingerprint density at radius 1 is 1.59 bits per heavy atom. The average molecular weight is 253 g/mol. The number of hydrogen-bond donors (Lipinski definition) is 1. The number of anilines is 1. The SMILES string of the molecule is CS(=O)(=O)Nc1c(OC2CC2)ccnc1C#N. The van der Waals surface area contributed by atoms with Crippen molar-refractivity contribution in [1.82, 2.24) is 4.98 Å². The summed E-state index contributed by atoms with van der Waals surface area (Å²) in [5.74, 6) is 0.351. The minimum atomic E-state index is -3.47. The molecule has 1 aromatic rings. The molecule has 1 N–H and O–H groups in total. The molecular formula is C10H11N3O3S. The average Bonchev–Trinajstić information content (AvgIpc) is 3.02. The summed E-state index contributed by atoms with van der Waals surface area (Å²) >= 11 is 0. The van der Waals surface area contributed by atoms with E-state index in [1.54, 1.807) is 6.07 Å². The van der Waals surface area contributed by atoms with Gasteiger partial charge in [0.15, 0.2) is 5.69 Å². The van der Waals surface area contributed by atoms with Gasteiger partial charge in [0, 0.05) is 12.3 Å². The van der Waals surface area contributed by atoms with E-state index >= 15 is 0 Å². The van der Waals surface area contributed by atoms with Crippen LogP contribution in [-0.4, -0.2) is 25.8 Å². The molecule has 90 valence electrons. The van der Waals surface area contributed by atoms with E-state index in [2.05, 4.69) is 9.71 Å². The van der Waals surface area contributed by atoms with Gasteiger partial charge in [0.25, 0.3) is 0 Å². The molecule has 0 bridgehead atoms. The quantitative estimate of drug-likeness (QED) is 0.859. The van der Waals surface area contributed by atoms with Crippen molar-refractivity contribution in [1.29, 1.82) is 5.26 Å². The van der Waals surface area contributed by atoms with Gasteiger partial charge in [-0.15, -0.1) is 0 Å². The molecule has 0 saturated heterocycles. The summed E-state index contributed by atoms with van der Waals surface area (Å²) in [5, 5.41) is 8.89. The Bertz CT molecular complexity index is 573. The summed E-state index contributed by atoms with van der Waals surface area (Å²) in [7, 11) is -3.47. The molecule has 1 aliphatic carbocycles. The van der Waals surface area contributed by atoms with Gasteiger partial charge in [-0.1, -0.05) is 0 Å². The summed E-state index contributed by atoms with van der Waals surface area (Å²) < 4.78 is 30.2. The number of rotatable bonds is 4. The third-order valence-corrected chi connectivity index (χ3v) is 2.70. The number of sulfonamides is 1. The van der Waals surface area contributed by atoms with Gasteiger partial charge < -0.3 is 4.74 Å². The van der Waals surface area contributed by atoms with Crippen molar-refractivity contribution in [2.75, 3.05) is 11.0 Å². The number of nitrogens with zero attached hydrogens (tertiary/aromatic N) is 2. The first kappa shape index (κ1) is 11.7. The molecule has 1 saturated carbocycles. The highest BCUT2D eigenvalue weighted by Gasteiger charge is 2.26. The number of aromatic nitrogens is 1. The minimum Gasteiger partial charge on any atom is -0.488 e. The first-order valence-corrected chi connectivity index (χ1v) is 6.92. The van der Waals surface area contributed by atoms with Crippen LogP contribution in [0.5, 0.6) is 5.75 Å². The largest absolute Gasteiger partial charge is 0.488 e. The molecule has 0 unspecified atom stereocenters. The molecule has 1 fully saturated rings. The van der Waals surface area contributed by atoms with Crippen molar-refractivity contribution in [2.24, 2.45) is 0 Å². The van der Waals surface area contributed by atoms with Gasteiger partial charge in [-0.3, -0.25) is 4.72 Å². The summed E-state index contributed by atoms with van der Waals surface area (Å²) in [6.45, 7) is 0. The zero-order valence-corrected chi connectivity index (χ0v) is 9.99. The van der Waals surface area contributed by atoms with Crippen molar-refractivity contribution in [3.05, 3.63) is 18.0 Å². The van der Waals surface area contributed by atoms with Crippen LogP contribution in [0.4, 0.5) is 5.69 Å². The van der Waals surface area contributed by atoms with Gasteiger partial charge in [-0.05, 0) is 12.8 Å². The fraction of sp³-hybridized carbons (Fsp3) is 0.400. The maximum atomic E-state index is 11.2. The highest BCUT2D eigenvalue weighted by molar-refractivity contribution is 7.92. The van der Waals surface area contributed by atoms with Crippen molar-refractivity contribution >= 4 is 15.7 Å². The number of ether oxygens (including phenoxy) is 1. The Hall–Kier alpha value is -1.81. The second-order valence-corrected chi connectivity index (χ2v) is 5.58. The fourth-order valence-electron chi connectivity index (χ4n) is 1.28. The highest BCUT2D eigenvalue weighted by Crippen LogP contribution is 2.33. The van der Waals surface area contributed by atoms with E-state index in [4.69, 9.17) is 10.00 Å². The lowest BCUT2D eigenvalue weighted by molar-refractivity contribution is 0.304. The second kappa shape index (κ2) is 4.22. The molecule has 0 atom stereocenters. The minimum absolute atomic E-state index is 0.00794. The first-order chi connectivity index (χ1) is 7.99. The summed E-state index contributed by atoms with van der Waals surface area (Å²) in [4.78, 5) is 3.80. The molecule has 6 nitrogen and oxygen atoms in total. The standard InChI is InChI=1S/C10H11N3O3S/c1-17(14,15)13-10-8(6-11)12-5-4-9(10)16-7-2-3-7/h4-5,7,13H,2-3H2,1H3. The van der Waals surface area contributed by atoms with Gasteiger partial charge in [0.05, 0.1) is 12.4 Å². The molecule has 0 aromatic carbocycles. The van der Waals surface area contributed by atoms with E-state index in [-0.39, 0.29) is 17.5 Å². The molecule has 1 heterocycles. The number of pyridine rings is 1. The molecular weight excluding hydrogens is 242 g/mol. The van der Waals surface area contributed by atoms with Crippen LogP contribution in [0.15, 0.2) is 12.3 Å². The van der Waals surface area contributed by atoms with Crippen LogP contribution < -0.4 is 9.46 Å². The molecule has 1 aliphatic rings. The third kappa shape index (κ3) is 3.07. The number of nitriles is 1. The monoisotopic (exact) mass is 253 g/mol. The van der Waals surface area contributed by atoms with E-state index in [0.29, 0.717) is 5.75 Å². The van der Waals surface area contributed by atoms with E-state index in [1.807, 2.05) is 6.07 Å². The zero-order valence-electron chi connectivity index (χ0n) is 9.17. The summed E-state index contributed by atoms with van der Waals surface area (Å²) in [6.07, 6.45) is 4.45.